The third kappa shape index (κ3) is 4.86. The number of primary amides is 1. The van der Waals surface area contributed by atoms with Gasteiger partial charge in [-0.05, 0) is 86.3 Å². The number of fused-ring (bicyclic) bond motifs is 1. The predicted molar refractivity (Wildman–Crippen MR) is 131 cm³/mol. The molecule has 6 heteroatoms. The number of hydrogen-bond acceptors (Lipinski definition) is 3. The van der Waals surface area contributed by atoms with Crippen LogP contribution in [0.5, 0.6) is 0 Å². The Labute approximate surface area is 197 Å². The second kappa shape index (κ2) is 8.78. The van der Waals surface area contributed by atoms with Gasteiger partial charge in [0.25, 0.3) is 11.8 Å². The van der Waals surface area contributed by atoms with Gasteiger partial charge in [-0.25, -0.2) is 4.39 Å². The van der Waals surface area contributed by atoms with E-state index in [9.17, 15) is 14.0 Å². The molecule has 1 heterocycles. The number of hydrogen-bond donors (Lipinski definition) is 2. The number of carbonyl (C=O) groups excluding carboxylic acids is 2. The van der Waals surface area contributed by atoms with Gasteiger partial charge in [-0.2, -0.15) is 0 Å². The summed E-state index contributed by atoms with van der Waals surface area (Å²) in [6, 6.07) is 17.1. The standard InChI is InChI=1S/C28H27FN2O3/c1-16-5-8-19(27(33)31-28(2,3)4)15-21(16)18-9-12-23-22(14-18)25(26(30)32)24(34-23)13-17-6-10-20(29)11-7-17/h5-12,14-15H,13H2,1-4H3,(H2,30,32)(H,31,33). The summed E-state index contributed by atoms with van der Waals surface area (Å²) in [4.78, 5) is 25.1. The topological polar surface area (TPSA) is 85.3 Å². The third-order valence-electron chi connectivity index (χ3n) is 5.58. The minimum absolute atomic E-state index is 0.155. The lowest BCUT2D eigenvalue weighted by atomic mass is 9.95. The van der Waals surface area contributed by atoms with Crippen molar-refractivity contribution in [2.45, 2.75) is 39.7 Å². The molecule has 4 aromatic rings. The van der Waals surface area contributed by atoms with Crippen LogP contribution < -0.4 is 11.1 Å². The molecule has 0 saturated carbocycles. The molecule has 3 N–H and O–H groups in total. The first-order valence-electron chi connectivity index (χ1n) is 11.0. The van der Waals surface area contributed by atoms with Crippen molar-refractivity contribution in [2.24, 2.45) is 5.73 Å². The van der Waals surface area contributed by atoms with Crippen molar-refractivity contribution in [3.8, 4) is 11.1 Å². The molecule has 2 amide bonds. The van der Waals surface area contributed by atoms with Crippen LogP contribution in [0.25, 0.3) is 22.1 Å². The van der Waals surface area contributed by atoms with Gasteiger partial charge in [0.15, 0.2) is 0 Å². The van der Waals surface area contributed by atoms with Crippen LogP contribution in [-0.4, -0.2) is 17.4 Å². The molecule has 3 aromatic carbocycles. The van der Waals surface area contributed by atoms with Crippen molar-refractivity contribution in [1.29, 1.82) is 0 Å². The van der Waals surface area contributed by atoms with Crippen LogP contribution in [-0.2, 0) is 6.42 Å². The molecular weight excluding hydrogens is 431 g/mol. The molecular formula is C28H27FN2O3. The Balaban J connectivity index is 1.77. The zero-order chi connectivity index (χ0) is 24.6. The molecule has 174 valence electrons. The van der Waals surface area contributed by atoms with Crippen LogP contribution in [0, 0.1) is 12.7 Å². The number of amides is 2. The molecule has 0 saturated heterocycles. The average Bonchev–Trinajstić information content (AvgIpc) is 3.11. The summed E-state index contributed by atoms with van der Waals surface area (Å²) in [6.07, 6.45) is 0.310. The van der Waals surface area contributed by atoms with Gasteiger partial charge < -0.3 is 15.5 Å². The fourth-order valence-corrected chi connectivity index (χ4v) is 3.99. The van der Waals surface area contributed by atoms with Gasteiger partial charge in [0.1, 0.15) is 17.2 Å². The van der Waals surface area contributed by atoms with E-state index in [1.54, 1.807) is 24.3 Å². The molecule has 0 radical (unpaired) electrons. The first-order valence-corrected chi connectivity index (χ1v) is 11.0. The molecule has 4 rings (SSSR count). The van der Waals surface area contributed by atoms with E-state index in [1.807, 2.05) is 52.0 Å². The predicted octanol–water partition coefficient (Wildman–Crippen LogP) is 5.77. The van der Waals surface area contributed by atoms with E-state index in [4.69, 9.17) is 10.2 Å². The van der Waals surface area contributed by atoms with Crippen molar-refractivity contribution < 1.29 is 18.4 Å². The van der Waals surface area contributed by atoms with Crippen LogP contribution in [0.3, 0.4) is 0 Å². The SMILES string of the molecule is Cc1ccc(C(=O)NC(C)(C)C)cc1-c1ccc2oc(Cc3ccc(F)cc3)c(C(N)=O)c2c1. The minimum atomic E-state index is -0.594. The maximum atomic E-state index is 13.3. The monoisotopic (exact) mass is 458 g/mol. The Kier molecular flexibility index (Phi) is 6.00. The second-order valence-corrected chi connectivity index (χ2v) is 9.51. The highest BCUT2D eigenvalue weighted by Crippen LogP contribution is 2.33. The molecule has 0 unspecified atom stereocenters. The molecule has 0 atom stereocenters. The van der Waals surface area contributed by atoms with Gasteiger partial charge in [-0.15, -0.1) is 0 Å². The Hall–Kier alpha value is -3.93. The largest absolute Gasteiger partial charge is 0.460 e. The Morgan fingerprint density at radius 2 is 1.71 bits per heavy atom. The molecule has 0 aliphatic heterocycles. The van der Waals surface area contributed by atoms with Gasteiger partial charge in [-0.3, -0.25) is 9.59 Å². The Bertz CT molecular complexity index is 1400. The highest BCUT2D eigenvalue weighted by atomic mass is 19.1. The summed E-state index contributed by atoms with van der Waals surface area (Å²) < 4.78 is 19.2. The smallest absolute Gasteiger partial charge is 0.252 e. The number of aryl methyl sites for hydroxylation is 1. The molecule has 34 heavy (non-hydrogen) atoms. The van der Waals surface area contributed by atoms with E-state index in [-0.39, 0.29) is 17.3 Å². The first-order chi connectivity index (χ1) is 16.0. The number of halogens is 1. The van der Waals surface area contributed by atoms with E-state index in [1.165, 1.54) is 12.1 Å². The van der Waals surface area contributed by atoms with Crippen molar-refractivity contribution >= 4 is 22.8 Å². The lowest BCUT2D eigenvalue weighted by Gasteiger charge is -2.21. The van der Waals surface area contributed by atoms with E-state index in [0.29, 0.717) is 34.3 Å². The third-order valence-corrected chi connectivity index (χ3v) is 5.58. The maximum absolute atomic E-state index is 13.3. The molecule has 0 aliphatic rings. The van der Waals surface area contributed by atoms with Gasteiger partial charge in [-0.1, -0.05) is 24.3 Å². The lowest BCUT2D eigenvalue weighted by molar-refractivity contribution is 0.0918. The van der Waals surface area contributed by atoms with Crippen LogP contribution in [0.15, 0.2) is 65.1 Å². The summed E-state index contributed by atoms with van der Waals surface area (Å²) in [7, 11) is 0. The normalized spacial score (nSPS) is 11.6. The van der Waals surface area contributed by atoms with E-state index >= 15 is 0 Å². The van der Waals surface area contributed by atoms with Crippen molar-refractivity contribution in [3.63, 3.8) is 0 Å². The number of nitrogens with two attached hydrogens (primary N) is 1. The number of furan rings is 1. The summed E-state index contributed by atoms with van der Waals surface area (Å²) in [5.41, 5.74) is 10.3. The fraction of sp³-hybridized carbons (Fsp3) is 0.214. The molecule has 5 nitrogen and oxygen atoms in total. The summed E-state index contributed by atoms with van der Waals surface area (Å²) >= 11 is 0. The molecule has 0 aliphatic carbocycles. The van der Waals surface area contributed by atoms with E-state index in [0.717, 1.165) is 22.3 Å². The fourth-order valence-electron chi connectivity index (χ4n) is 3.99. The second-order valence-electron chi connectivity index (χ2n) is 9.51. The van der Waals surface area contributed by atoms with Gasteiger partial charge in [0.2, 0.25) is 0 Å². The lowest BCUT2D eigenvalue weighted by Crippen LogP contribution is -2.40. The van der Waals surface area contributed by atoms with E-state index < -0.39 is 5.91 Å². The molecule has 0 fully saturated rings. The zero-order valence-electron chi connectivity index (χ0n) is 19.7. The molecule has 1 aromatic heterocycles. The number of rotatable bonds is 5. The first kappa shape index (κ1) is 23.2. The zero-order valence-corrected chi connectivity index (χ0v) is 19.7. The van der Waals surface area contributed by atoms with Crippen molar-refractivity contribution in [1.82, 2.24) is 5.32 Å². The van der Waals surface area contributed by atoms with Crippen LogP contribution in [0.1, 0.15) is 58.4 Å². The summed E-state index contributed by atoms with van der Waals surface area (Å²) in [6.45, 7) is 7.76. The van der Waals surface area contributed by atoms with Gasteiger partial charge in [0, 0.05) is 22.9 Å². The number of nitrogens with one attached hydrogen (secondary N) is 1. The number of benzene rings is 3. The molecule has 0 spiro atoms. The highest BCUT2D eigenvalue weighted by molar-refractivity contribution is 6.07. The van der Waals surface area contributed by atoms with Crippen LogP contribution >= 0.6 is 0 Å². The van der Waals surface area contributed by atoms with Crippen molar-refractivity contribution in [3.05, 3.63) is 94.5 Å². The van der Waals surface area contributed by atoms with Gasteiger partial charge >= 0.3 is 0 Å². The van der Waals surface area contributed by atoms with Gasteiger partial charge in [0.05, 0.1) is 5.56 Å². The Morgan fingerprint density at radius 3 is 2.35 bits per heavy atom. The average molecular weight is 459 g/mol. The summed E-state index contributed by atoms with van der Waals surface area (Å²) in [5, 5.41) is 3.58. The van der Waals surface area contributed by atoms with Crippen LogP contribution in [0.4, 0.5) is 4.39 Å². The Morgan fingerprint density at radius 1 is 1.00 bits per heavy atom. The minimum Gasteiger partial charge on any atom is -0.460 e. The maximum Gasteiger partial charge on any atom is 0.252 e. The van der Waals surface area contributed by atoms with Crippen molar-refractivity contribution in [2.75, 3.05) is 0 Å². The highest BCUT2D eigenvalue weighted by Gasteiger charge is 2.21. The summed E-state index contributed by atoms with van der Waals surface area (Å²) in [5.74, 6) is -0.649. The quantitative estimate of drug-likeness (QED) is 0.398. The number of carbonyl (C=O) groups is 2. The van der Waals surface area contributed by atoms with E-state index in [2.05, 4.69) is 5.32 Å². The molecule has 0 bridgehead atoms. The van der Waals surface area contributed by atoms with Crippen LogP contribution in [0.2, 0.25) is 0 Å².